The molecule has 0 amide bonds. The predicted molar refractivity (Wildman–Crippen MR) is 99.1 cm³/mol. The molecule has 2 aromatic carbocycles. The molecule has 3 nitrogen and oxygen atoms in total. The minimum atomic E-state index is 0.384. The fraction of sp³-hybridized carbons (Fsp3) is 0.286. The highest BCUT2D eigenvalue weighted by Crippen LogP contribution is 2.29. The number of aryl methyl sites for hydroxylation is 2. The topological polar surface area (TPSA) is 54.7 Å². The van der Waals surface area contributed by atoms with Crippen LogP contribution in [0.15, 0.2) is 60.8 Å². The first kappa shape index (κ1) is 16.5. The SMILES string of the molecule is Cc1ccc(C(CCc2ncc(CCN)[nH]2)c2ccccc2)cc1. The van der Waals surface area contributed by atoms with E-state index in [2.05, 4.69) is 71.5 Å². The molecule has 1 atom stereocenters. The Morgan fingerprint density at radius 3 is 2.38 bits per heavy atom. The summed E-state index contributed by atoms with van der Waals surface area (Å²) in [5.41, 5.74) is 10.7. The molecule has 0 aliphatic carbocycles. The summed E-state index contributed by atoms with van der Waals surface area (Å²) in [4.78, 5) is 7.89. The van der Waals surface area contributed by atoms with E-state index < -0.39 is 0 Å². The smallest absolute Gasteiger partial charge is 0.106 e. The zero-order valence-corrected chi connectivity index (χ0v) is 14.2. The van der Waals surface area contributed by atoms with Crippen LogP contribution in [-0.4, -0.2) is 16.5 Å². The predicted octanol–water partition coefficient (Wildman–Crippen LogP) is 3.98. The third kappa shape index (κ3) is 4.12. The van der Waals surface area contributed by atoms with Crippen LogP contribution in [-0.2, 0) is 12.8 Å². The van der Waals surface area contributed by atoms with Crippen LogP contribution >= 0.6 is 0 Å². The fourth-order valence-electron chi connectivity index (χ4n) is 3.11. The number of aromatic nitrogens is 2. The monoisotopic (exact) mass is 319 g/mol. The molecule has 0 fully saturated rings. The Hall–Kier alpha value is -2.39. The summed E-state index contributed by atoms with van der Waals surface area (Å²) in [6, 6.07) is 19.6. The van der Waals surface area contributed by atoms with Gasteiger partial charge in [0.2, 0.25) is 0 Å². The van der Waals surface area contributed by atoms with Gasteiger partial charge in [-0.3, -0.25) is 0 Å². The maximum absolute atomic E-state index is 5.61. The Balaban J connectivity index is 1.78. The Morgan fingerprint density at radius 1 is 0.958 bits per heavy atom. The van der Waals surface area contributed by atoms with Crippen molar-refractivity contribution in [2.24, 2.45) is 5.73 Å². The third-order valence-electron chi connectivity index (χ3n) is 4.45. The average molecular weight is 319 g/mol. The van der Waals surface area contributed by atoms with Crippen LogP contribution in [0.2, 0.25) is 0 Å². The van der Waals surface area contributed by atoms with Crippen molar-refractivity contribution < 1.29 is 0 Å². The van der Waals surface area contributed by atoms with Crippen molar-refractivity contribution in [1.82, 2.24) is 9.97 Å². The molecule has 1 unspecified atom stereocenters. The lowest BCUT2D eigenvalue weighted by atomic mass is 9.87. The van der Waals surface area contributed by atoms with Crippen LogP contribution in [0, 0.1) is 6.92 Å². The molecule has 0 saturated carbocycles. The lowest BCUT2D eigenvalue weighted by molar-refractivity contribution is 0.693. The van der Waals surface area contributed by atoms with Gasteiger partial charge in [0.25, 0.3) is 0 Å². The van der Waals surface area contributed by atoms with Gasteiger partial charge in [-0.2, -0.15) is 0 Å². The third-order valence-corrected chi connectivity index (χ3v) is 4.45. The van der Waals surface area contributed by atoms with Crippen molar-refractivity contribution in [1.29, 1.82) is 0 Å². The molecule has 1 heterocycles. The van der Waals surface area contributed by atoms with Crippen LogP contribution in [0.1, 0.15) is 40.5 Å². The molecule has 0 aliphatic heterocycles. The second kappa shape index (κ2) is 7.93. The number of nitrogens with two attached hydrogens (primary N) is 1. The van der Waals surface area contributed by atoms with E-state index in [1.165, 1.54) is 16.7 Å². The van der Waals surface area contributed by atoms with Crippen LogP contribution in [0.3, 0.4) is 0 Å². The number of hydrogen-bond donors (Lipinski definition) is 2. The summed E-state index contributed by atoms with van der Waals surface area (Å²) in [5.74, 6) is 1.43. The number of benzene rings is 2. The minimum Gasteiger partial charge on any atom is -0.346 e. The van der Waals surface area contributed by atoms with E-state index in [-0.39, 0.29) is 0 Å². The molecule has 24 heavy (non-hydrogen) atoms. The molecule has 0 saturated heterocycles. The molecule has 3 aromatic rings. The fourth-order valence-corrected chi connectivity index (χ4v) is 3.11. The van der Waals surface area contributed by atoms with E-state index >= 15 is 0 Å². The Labute approximate surface area is 144 Å². The quantitative estimate of drug-likeness (QED) is 0.692. The van der Waals surface area contributed by atoms with E-state index in [4.69, 9.17) is 5.73 Å². The van der Waals surface area contributed by atoms with Crippen molar-refractivity contribution in [3.05, 3.63) is 89.0 Å². The van der Waals surface area contributed by atoms with E-state index in [1.54, 1.807) is 0 Å². The number of rotatable bonds is 7. The maximum Gasteiger partial charge on any atom is 0.106 e. The second-order valence-electron chi connectivity index (χ2n) is 6.31. The highest BCUT2D eigenvalue weighted by Gasteiger charge is 2.15. The second-order valence-corrected chi connectivity index (χ2v) is 6.31. The molecular weight excluding hydrogens is 294 g/mol. The molecule has 0 radical (unpaired) electrons. The van der Waals surface area contributed by atoms with Crippen molar-refractivity contribution in [2.45, 2.75) is 32.1 Å². The Bertz CT molecular complexity index is 744. The average Bonchev–Trinajstić information content (AvgIpc) is 3.05. The lowest BCUT2D eigenvalue weighted by Gasteiger charge is -2.18. The van der Waals surface area contributed by atoms with Crippen LogP contribution in [0.4, 0.5) is 0 Å². The summed E-state index contributed by atoms with van der Waals surface area (Å²) in [6.07, 6.45) is 4.72. The molecule has 0 bridgehead atoms. The molecule has 124 valence electrons. The van der Waals surface area contributed by atoms with Gasteiger partial charge in [-0.1, -0.05) is 60.2 Å². The van der Waals surface area contributed by atoms with Crippen molar-refractivity contribution in [3.63, 3.8) is 0 Å². The summed E-state index contributed by atoms with van der Waals surface area (Å²) in [6.45, 7) is 2.78. The van der Waals surface area contributed by atoms with Gasteiger partial charge >= 0.3 is 0 Å². The minimum absolute atomic E-state index is 0.384. The van der Waals surface area contributed by atoms with E-state index in [9.17, 15) is 0 Å². The summed E-state index contributed by atoms with van der Waals surface area (Å²) in [7, 11) is 0. The molecule has 3 heteroatoms. The summed E-state index contributed by atoms with van der Waals surface area (Å²) >= 11 is 0. The first-order valence-electron chi connectivity index (χ1n) is 8.60. The highest BCUT2D eigenvalue weighted by atomic mass is 14.9. The molecule has 0 spiro atoms. The Morgan fingerprint density at radius 2 is 1.67 bits per heavy atom. The van der Waals surface area contributed by atoms with Gasteiger partial charge < -0.3 is 10.7 Å². The molecular formula is C21H25N3. The van der Waals surface area contributed by atoms with Crippen LogP contribution in [0.25, 0.3) is 0 Å². The van der Waals surface area contributed by atoms with Gasteiger partial charge in [0.05, 0.1) is 0 Å². The standard InChI is InChI=1S/C21H25N3/c1-16-7-9-18(10-8-16)20(17-5-3-2-4-6-17)11-12-21-23-15-19(24-21)13-14-22/h2-10,15,20H,11-14,22H2,1H3,(H,23,24). The van der Waals surface area contributed by atoms with Crippen molar-refractivity contribution in [3.8, 4) is 0 Å². The van der Waals surface area contributed by atoms with Gasteiger partial charge in [0.1, 0.15) is 5.82 Å². The van der Waals surface area contributed by atoms with E-state index in [1.807, 2.05) is 6.20 Å². The molecule has 3 N–H and O–H groups in total. The van der Waals surface area contributed by atoms with Gasteiger partial charge in [-0.15, -0.1) is 0 Å². The molecule has 0 aliphatic rings. The molecule has 1 aromatic heterocycles. The number of H-pyrrole nitrogens is 1. The lowest BCUT2D eigenvalue weighted by Crippen LogP contribution is -2.05. The van der Waals surface area contributed by atoms with Crippen LogP contribution in [0.5, 0.6) is 0 Å². The first-order valence-corrected chi connectivity index (χ1v) is 8.60. The van der Waals surface area contributed by atoms with Gasteiger partial charge in [0, 0.05) is 30.7 Å². The number of nitrogens with one attached hydrogen (secondary N) is 1. The van der Waals surface area contributed by atoms with Gasteiger partial charge in [-0.05, 0) is 31.0 Å². The summed E-state index contributed by atoms with van der Waals surface area (Å²) in [5, 5.41) is 0. The zero-order valence-electron chi connectivity index (χ0n) is 14.2. The van der Waals surface area contributed by atoms with Crippen molar-refractivity contribution in [2.75, 3.05) is 6.54 Å². The largest absolute Gasteiger partial charge is 0.346 e. The van der Waals surface area contributed by atoms with Gasteiger partial charge in [0.15, 0.2) is 0 Å². The number of hydrogen-bond acceptors (Lipinski definition) is 2. The van der Waals surface area contributed by atoms with Crippen LogP contribution < -0.4 is 5.73 Å². The first-order chi connectivity index (χ1) is 11.8. The number of aromatic amines is 1. The number of nitrogens with zero attached hydrogens (tertiary/aromatic N) is 1. The van der Waals surface area contributed by atoms with Gasteiger partial charge in [-0.25, -0.2) is 4.98 Å². The maximum atomic E-state index is 5.61. The highest BCUT2D eigenvalue weighted by molar-refractivity contribution is 5.34. The Kier molecular flexibility index (Phi) is 5.44. The summed E-state index contributed by atoms with van der Waals surface area (Å²) < 4.78 is 0. The van der Waals surface area contributed by atoms with E-state index in [0.717, 1.165) is 30.8 Å². The zero-order chi connectivity index (χ0) is 16.8. The number of imidazole rings is 1. The molecule has 3 rings (SSSR count). The van der Waals surface area contributed by atoms with Crippen molar-refractivity contribution >= 4 is 0 Å². The van der Waals surface area contributed by atoms with E-state index in [0.29, 0.717) is 12.5 Å². The normalized spacial score (nSPS) is 12.2.